The number of H-pyrrole nitrogens is 1. The van der Waals surface area contributed by atoms with Crippen molar-refractivity contribution >= 4 is 11.6 Å². The van der Waals surface area contributed by atoms with E-state index in [2.05, 4.69) is 4.98 Å². The second-order valence-corrected chi connectivity index (χ2v) is 3.46. The molecule has 2 aromatic rings. The summed E-state index contributed by atoms with van der Waals surface area (Å²) in [5, 5.41) is 9.13. The van der Waals surface area contributed by atoms with Crippen LogP contribution in [0.2, 0.25) is 5.02 Å². The number of hydrogen-bond acceptors (Lipinski definition) is 1. The van der Waals surface area contributed by atoms with E-state index >= 15 is 0 Å². The molecule has 0 amide bonds. The van der Waals surface area contributed by atoms with Crippen LogP contribution in [0.1, 0.15) is 5.56 Å². The molecule has 0 fully saturated rings. The number of nitrogens with zero attached hydrogens (tertiary/aromatic N) is 1. The summed E-state index contributed by atoms with van der Waals surface area (Å²) in [6.07, 6.45) is 3.12. The fourth-order valence-electron chi connectivity index (χ4n) is 1.39. The zero-order valence-corrected chi connectivity index (χ0v) is 8.35. The Morgan fingerprint density at radius 1 is 1.27 bits per heavy atom. The van der Waals surface area contributed by atoms with Gasteiger partial charge in [0.15, 0.2) is 0 Å². The number of rotatable bonds is 1. The Morgan fingerprint density at radius 3 is 2.73 bits per heavy atom. The van der Waals surface area contributed by atoms with Gasteiger partial charge in [-0.3, -0.25) is 0 Å². The molecule has 15 heavy (non-hydrogen) atoms. The highest BCUT2D eigenvalue weighted by molar-refractivity contribution is 6.30. The Bertz CT molecular complexity index is 540. The Hall–Kier alpha value is -1.79. The largest absolute Gasteiger partial charge is 0.366 e. The zero-order chi connectivity index (χ0) is 10.8. The molecular formula is C11H6ClFN2. The first-order valence-electron chi connectivity index (χ1n) is 4.24. The van der Waals surface area contributed by atoms with Gasteiger partial charge in [0.25, 0.3) is 0 Å². The number of benzene rings is 1. The van der Waals surface area contributed by atoms with Gasteiger partial charge in [0.1, 0.15) is 11.9 Å². The molecule has 0 saturated carbocycles. The van der Waals surface area contributed by atoms with Gasteiger partial charge in [0, 0.05) is 28.5 Å². The Balaban J connectivity index is 2.60. The van der Waals surface area contributed by atoms with Crippen LogP contribution in [0, 0.1) is 17.1 Å². The van der Waals surface area contributed by atoms with Gasteiger partial charge in [-0.15, -0.1) is 0 Å². The maximum Gasteiger partial charge on any atom is 0.132 e. The van der Waals surface area contributed by atoms with E-state index in [4.69, 9.17) is 16.9 Å². The molecule has 1 heterocycles. The Kier molecular flexibility index (Phi) is 2.44. The van der Waals surface area contributed by atoms with Crippen molar-refractivity contribution in [1.29, 1.82) is 5.26 Å². The highest BCUT2D eigenvalue weighted by atomic mass is 35.5. The van der Waals surface area contributed by atoms with E-state index in [1.807, 2.05) is 6.07 Å². The maximum atomic E-state index is 13.5. The molecule has 0 saturated heterocycles. The molecule has 0 aliphatic rings. The molecule has 1 aromatic carbocycles. The van der Waals surface area contributed by atoms with Crippen molar-refractivity contribution in [3.63, 3.8) is 0 Å². The summed E-state index contributed by atoms with van der Waals surface area (Å²) in [5.41, 5.74) is 1.33. The molecule has 0 bridgehead atoms. The van der Waals surface area contributed by atoms with Crippen molar-refractivity contribution in [3.05, 3.63) is 47.0 Å². The molecule has 0 aliphatic carbocycles. The van der Waals surface area contributed by atoms with Crippen LogP contribution in [0.4, 0.5) is 4.39 Å². The molecule has 0 radical (unpaired) electrons. The zero-order valence-electron chi connectivity index (χ0n) is 7.59. The van der Waals surface area contributed by atoms with Crippen LogP contribution in [-0.4, -0.2) is 4.98 Å². The molecule has 0 aliphatic heterocycles. The van der Waals surface area contributed by atoms with Gasteiger partial charge in [-0.25, -0.2) is 4.39 Å². The van der Waals surface area contributed by atoms with Crippen molar-refractivity contribution in [2.75, 3.05) is 0 Å². The SMILES string of the molecule is N#Cc1c[nH]cc1-c1ccc(Cl)cc1F. The number of hydrogen-bond donors (Lipinski definition) is 1. The van der Waals surface area contributed by atoms with E-state index in [-0.39, 0.29) is 0 Å². The summed E-state index contributed by atoms with van der Waals surface area (Å²) in [5.74, 6) is -0.432. The van der Waals surface area contributed by atoms with E-state index in [1.165, 1.54) is 12.3 Å². The fraction of sp³-hybridized carbons (Fsp3) is 0. The number of aromatic nitrogens is 1. The highest BCUT2D eigenvalue weighted by Gasteiger charge is 2.10. The topological polar surface area (TPSA) is 39.6 Å². The predicted octanol–water partition coefficient (Wildman–Crippen LogP) is 3.35. The molecule has 0 unspecified atom stereocenters. The molecule has 1 N–H and O–H groups in total. The predicted molar refractivity (Wildman–Crippen MR) is 55.9 cm³/mol. The van der Waals surface area contributed by atoms with Gasteiger partial charge in [-0.05, 0) is 18.2 Å². The van der Waals surface area contributed by atoms with Crippen molar-refractivity contribution < 1.29 is 4.39 Å². The molecule has 0 atom stereocenters. The lowest BCUT2D eigenvalue weighted by atomic mass is 10.1. The first kappa shape index (κ1) is 9.75. The average molecular weight is 221 g/mol. The van der Waals surface area contributed by atoms with Crippen LogP contribution in [0.15, 0.2) is 30.6 Å². The summed E-state index contributed by atoms with van der Waals surface area (Å²) < 4.78 is 13.5. The average Bonchev–Trinajstić information content (AvgIpc) is 2.65. The van der Waals surface area contributed by atoms with Gasteiger partial charge in [0.2, 0.25) is 0 Å². The first-order valence-corrected chi connectivity index (χ1v) is 4.62. The molecule has 1 aromatic heterocycles. The number of aromatic amines is 1. The number of nitriles is 1. The van der Waals surface area contributed by atoms with Crippen LogP contribution in [0.3, 0.4) is 0 Å². The molecule has 2 rings (SSSR count). The summed E-state index contributed by atoms with van der Waals surface area (Å²) in [6.45, 7) is 0. The number of halogens is 2. The van der Waals surface area contributed by atoms with Crippen LogP contribution in [0.25, 0.3) is 11.1 Å². The lowest BCUT2D eigenvalue weighted by Gasteiger charge is -2.01. The maximum absolute atomic E-state index is 13.5. The smallest absolute Gasteiger partial charge is 0.132 e. The lowest BCUT2D eigenvalue weighted by Crippen LogP contribution is -1.84. The van der Waals surface area contributed by atoms with E-state index in [1.54, 1.807) is 18.3 Å². The van der Waals surface area contributed by atoms with Gasteiger partial charge >= 0.3 is 0 Å². The third kappa shape index (κ3) is 1.72. The molecule has 0 spiro atoms. The standard InChI is InChI=1S/C11H6ClFN2/c12-8-1-2-9(11(13)3-8)10-6-15-5-7(10)4-14/h1-3,5-6,15H. The van der Waals surface area contributed by atoms with E-state index in [0.717, 1.165) is 0 Å². The molecular weight excluding hydrogens is 215 g/mol. The van der Waals surface area contributed by atoms with Crippen molar-refractivity contribution in [1.82, 2.24) is 4.98 Å². The van der Waals surface area contributed by atoms with Crippen molar-refractivity contribution in [3.8, 4) is 17.2 Å². The van der Waals surface area contributed by atoms with Gasteiger partial charge in [-0.2, -0.15) is 5.26 Å². The van der Waals surface area contributed by atoms with Gasteiger partial charge < -0.3 is 4.98 Å². The summed E-state index contributed by atoms with van der Waals surface area (Å²) >= 11 is 5.64. The van der Waals surface area contributed by atoms with Gasteiger partial charge in [0.05, 0.1) is 5.56 Å². The van der Waals surface area contributed by atoms with Crippen LogP contribution >= 0.6 is 11.6 Å². The monoisotopic (exact) mass is 220 g/mol. The van der Waals surface area contributed by atoms with Crippen LogP contribution < -0.4 is 0 Å². The molecule has 74 valence electrons. The molecule has 4 heteroatoms. The van der Waals surface area contributed by atoms with Gasteiger partial charge in [-0.1, -0.05) is 11.6 Å². The minimum absolute atomic E-state index is 0.338. The summed E-state index contributed by atoms with van der Waals surface area (Å²) in [6, 6.07) is 6.36. The van der Waals surface area contributed by atoms with E-state index in [0.29, 0.717) is 21.7 Å². The minimum Gasteiger partial charge on any atom is -0.366 e. The second-order valence-electron chi connectivity index (χ2n) is 3.02. The minimum atomic E-state index is -0.432. The summed E-state index contributed by atoms with van der Waals surface area (Å²) in [7, 11) is 0. The summed E-state index contributed by atoms with van der Waals surface area (Å²) in [4.78, 5) is 2.77. The van der Waals surface area contributed by atoms with Crippen molar-refractivity contribution in [2.45, 2.75) is 0 Å². The first-order chi connectivity index (χ1) is 7.22. The second kappa shape index (κ2) is 3.76. The van der Waals surface area contributed by atoms with E-state index < -0.39 is 5.82 Å². The van der Waals surface area contributed by atoms with E-state index in [9.17, 15) is 4.39 Å². The Labute approximate surface area is 90.9 Å². The van der Waals surface area contributed by atoms with Crippen LogP contribution in [0.5, 0.6) is 0 Å². The fourth-order valence-corrected chi connectivity index (χ4v) is 1.55. The third-order valence-corrected chi connectivity index (χ3v) is 2.32. The third-order valence-electron chi connectivity index (χ3n) is 2.09. The molecule has 2 nitrogen and oxygen atoms in total. The van der Waals surface area contributed by atoms with Crippen molar-refractivity contribution in [2.24, 2.45) is 0 Å². The number of nitrogens with one attached hydrogen (secondary N) is 1. The lowest BCUT2D eigenvalue weighted by molar-refractivity contribution is 0.631. The quantitative estimate of drug-likeness (QED) is 0.787. The van der Waals surface area contributed by atoms with Crippen LogP contribution in [-0.2, 0) is 0 Å². The Morgan fingerprint density at radius 2 is 2.07 bits per heavy atom. The normalized spacial score (nSPS) is 9.93. The highest BCUT2D eigenvalue weighted by Crippen LogP contribution is 2.27.